The molecule has 3 saturated heterocycles. The maximum absolute atomic E-state index is 8.89. The van der Waals surface area contributed by atoms with Crippen molar-refractivity contribution in [3.63, 3.8) is 0 Å². The number of aliphatic hydroxyl groups is 1. The van der Waals surface area contributed by atoms with Gasteiger partial charge in [-0.05, 0) is 6.42 Å². The van der Waals surface area contributed by atoms with Crippen molar-refractivity contribution in [1.82, 2.24) is 0 Å². The van der Waals surface area contributed by atoms with Crippen molar-refractivity contribution in [2.45, 2.75) is 30.8 Å². The van der Waals surface area contributed by atoms with Crippen molar-refractivity contribution >= 4 is 0 Å². The molecule has 2 bridgehead atoms. The van der Waals surface area contributed by atoms with Gasteiger partial charge >= 0.3 is 0 Å². The minimum Gasteiger partial charge on any atom is -0.396 e. The monoisotopic (exact) mass is 142 g/mol. The normalized spacial score (nSPS) is 62.7. The molecule has 0 amide bonds. The molecule has 0 saturated carbocycles. The van der Waals surface area contributed by atoms with Crippen molar-refractivity contribution in [2.24, 2.45) is 5.92 Å². The minimum atomic E-state index is 0.222. The molecule has 1 N–H and O–H groups in total. The summed E-state index contributed by atoms with van der Waals surface area (Å²) in [6.07, 6.45) is 2.28. The van der Waals surface area contributed by atoms with Gasteiger partial charge in [0.05, 0.1) is 12.2 Å². The maximum atomic E-state index is 8.89. The second kappa shape index (κ2) is 1.55. The predicted molar refractivity (Wildman–Crippen MR) is 32.5 cm³/mol. The van der Waals surface area contributed by atoms with E-state index in [9.17, 15) is 0 Å². The first-order valence-electron chi connectivity index (χ1n) is 3.82. The van der Waals surface area contributed by atoms with Crippen molar-refractivity contribution in [3.8, 4) is 0 Å². The van der Waals surface area contributed by atoms with Gasteiger partial charge in [-0.25, -0.2) is 0 Å². The third-order valence-electron chi connectivity index (χ3n) is 2.82. The van der Waals surface area contributed by atoms with Gasteiger partial charge < -0.3 is 14.6 Å². The number of rotatable bonds is 1. The molecule has 3 aliphatic heterocycles. The molecule has 0 radical (unpaired) electrons. The highest BCUT2D eigenvalue weighted by Crippen LogP contribution is 2.50. The number of aliphatic hydroxyl groups excluding tert-OH is 1. The fourth-order valence-corrected chi connectivity index (χ4v) is 2.24. The first kappa shape index (κ1) is 5.52. The SMILES string of the molecule is OC[C@H]1C[C@H]2O[C@@H]1C1OC12. The van der Waals surface area contributed by atoms with Crippen molar-refractivity contribution in [1.29, 1.82) is 0 Å². The molecule has 0 aromatic rings. The highest BCUT2D eigenvalue weighted by Gasteiger charge is 2.64. The molecule has 56 valence electrons. The molecule has 0 spiro atoms. The average Bonchev–Trinajstić information content (AvgIpc) is 2.58. The zero-order valence-corrected chi connectivity index (χ0v) is 5.56. The third-order valence-corrected chi connectivity index (χ3v) is 2.82. The van der Waals surface area contributed by atoms with Gasteiger partial charge in [0.25, 0.3) is 0 Å². The number of hydrogen-bond donors (Lipinski definition) is 1. The lowest BCUT2D eigenvalue weighted by molar-refractivity contribution is 0.00587. The van der Waals surface area contributed by atoms with Crippen LogP contribution in [0.3, 0.4) is 0 Å². The van der Waals surface area contributed by atoms with Crippen LogP contribution < -0.4 is 0 Å². The topological polar surface area (TPSA) is 42.0 Å². The lowest BCUT2D eigenvalue weighted by atomic mass is 9.90. The fourth-order valence-electron chi connectivity index (χ4n) is 2.24. The van der Waals surface area contributed by atoms with Crippen LogP contribution in [0.25, 0.3) is 0 Å². The van der Waals surface area contributed by atoms with Gasteiger partial charge in [0.1, 0.15) is 12.2 Å². The van der Waals surface area contributed by atoms with Gasteiger partial charge in [-0.15, -0.1) is 0 Å². The zero-order chi connectivity index (χ0) is 6.72. The standard InChI is InChI=1S/C7H10O3/c8-2-3-1-4-6-7(10-6)5(3)9-4/h3-8H,1-2H2/t3-,4-,5+,6?,7?/m1/s1. The molecule has 3 heterocycles. The number of hydrogen-bond acceptors (Lipinski definition) is 3. The molecule has 2 unspecified atom stereocenters. The second-order valence-corrected chi connectivity index (χ2v) is 3.38. The van der Waals surface area contributed by atoms with Gasteiger partial charge in [-0.1, -0.05) is 0 Å². The maximum Gasteiger partial charge on any atom is 0.113 e. The van der Waals surface area contributed by atoms with E-state index in [1.54, 1.807) is 0 Å². The third kappa shape index (κ3) is 0.480. The predicted octanol–water partition coefficient (Wildman–Crippen LogP) is -0.467. The Kier molecular flexibility index (Phi) is 0.854. The van der Waals surface area contributed by atoms with Gasteiger partial charge in [0.2, 0.25) is 0 Å². The largest absolute Gasteiger partial charge is 0.396 e. The van der Waals surface area contributed by atoms with Crippen molar-refractivity contribution < 1.29 is 14.6 Å². The summed E-state index contributed by atoms with van der Waals surface area (Å²) in [6.45, 7) is 0.258. The molecule has 5 atom stereocenters. The van der Waals surface area contributed by atoms with Gasteiger partial charge in [0.15, 0.2) is 0 Å². The van der Waals surface area contributed by atoms with Crippen LogP contribution >= 0.6 is 0 Å². The van der Waals surface area contributed by atoms with Crippen LogP contribution in [-0.2, 0) is 9.47 Å². The Morgan fingerprint density at radius 2 is 2.10 bits per heavy atom. The molecular weight excluding hydrogens is 132 g/mol. The second-order valence-electron chi connectivity index (χ2n) is 3.38. The zero-order valence-electron chi connectivity index (χ0n) is 5.56. The van der Waals surface area contributed by atoms with E-state index in [0.717, 1.165) is 6.42 Å². The lowest BCUT2D eigenvalue weighted by Crippen LogP contribution is -2.26. The Bertz CT molecular complexity index is 170. The van der Waals surface area contributed by atoms with Crippen LogP contribution in [0.1, 0.15) is 6.42 Å². The molecule has 3 heteroatoms. The summed E-state index contributed by atoms with van der Waals surface area (Å²) >= 11 is 0. The van der Waals surface area contributed by atoms with E-state index in [0.29, 0.717) is 24.2 Å². The summed E-state index contributed by atoms with van der Waals surface area (Å²) in [5.74, 6) is 0.355. The van der Waals surface area contributed by atoms with Crippen LogP contribution in [0, 0.1) is 5.92 Å². The number of epoxide rings is 1. The summed E-state index contributed by atoms with van der Waals surface area (Å²) < 4.78 is 10.9. The average molecular weight is 142 g/mol. The summed E-state index contributed by atoms with van der Waals surface area (Å²) in [7, 11) is 0. The van der Waals surface area contributed by atoms with E-state index in [4.69, 9.17) is 14.6 Å². The summed E-state index contributed by atoms with van der Waals surface area (Å²) in [5, 5.41) is 8.89. The van der Waals surface area contributed by atoms with Gasteiger partial charge in [-0.2, -0.15) is 0 Å². The van der Waals surface area contributed by atoms with Crippen LogP contribution in [0.5, 0.6) is 0 Å². The highest BCUT2D eigenvalue weighted by atomic mass is 16.7. The van der Waals surface area contributed by atoms with E-state index in [1.807, 2.05) is 0 Å². The molecule has 10 heavy (non-hydrogen) atoms. The summed E-state index contributed by atoms with van der Waals surface area (Å²) in [6, 6.07) is 0. The van der Waals surface area contributed by atoms with Crippen LogP contribution in [0.15, 0.2) is 0 Å². The number of fused-ring (bicyclic) bond motifs is 5. The molecule has 3 aliphatic rings. The Balaban J connectivity index is 1.85. The Morgan fingerprint density at radius 3 is 2.70 bits per heavy atom. The Hall–Kier alpha value is -0.120. The number of ether oxygens (including phenoxy) is 2. The lowest BCUT2D eigenvalue weighted by Gasteiger charge is -2.12. The molecule has 0 aromatic carbocycles. The first-order valence-corrected chi connectivity index (χ1v) is 3.82. The minimum absolute atomic E-state index is 0.222. The first-order chi connectivity index (χ1) is 4.90. The van der Waals surface area contributed by atoms with E-state index in [1.165, 1.54) is 0 Å². The van der Waals surface area contributed by atoms with Crippen molar-refractivity contribution in [3.05, 3.63) is 0 Å². The highest BCUT2D eigenvalue weighted by molar-refractivity contribution is 5.11. The summed E-state index contributed by atoms with van der Waals surface area (Å²) in [5.41, 5.74) is 0. The van der Waals surface area contributed by atoms with E-state index >= 15 is 0 Å². The van der Waals surface area contributed by atoms with Crippen molar-refractivity contribution in [2.75, 3.05) is 6.61 Å². The quantitative estimate of drug-likeness (QED) is 0.503. The molecule has 3 rings (SSSR count). The van der Waals surface area contributed by atoms with Crippen LogP contribution in [0.2, 0.25) is 0 Å². The smallest absolute Gasteiger partial charge is 0.113 e. The van der Waals surface area contributed by atoms with E-state index in [2.05, 4.69) is 0 Å². The van der Waals surface area contributed by atoms with Crippen LogP contribution in [-0.4, -0.2) is 36.1 Å². The Labute approximate surface area is 58.9 Å². The Morgan fingerprint density at radius 1 is 1.20 bits per heavy atom. The molecule has 0 aromatic heterocycles. The van der Waals surface area contributed by atoms with E-state index in [-0.39, 0.29) is 12.7 Å². The molecule has 0 aliphatic carbocycles. The molecular formula is C7H10O3. The van der Waals surface area contributed by atoms with Gasteiger partial charge in [0, 0.05) is 12.5 Å². The van der Waals surface area contributed by atoms with Gasteiger partial charge in [-0.3, -0.25) is 0 Å². The molecule has 3 fully saturated rings. The van der Waals surface area contributed by atoms with Crippen LogP contribution in [0.4, 0.5) is 0 Å². The fraction of sp³-hybridized carbons (Fsp3) is 1.00. The molecule has 3 nitrogen and oxygen atoms in total. The van der Waals surface area contributed by atoms with E-state index < -0.39 is 0 Å². The summed E-state index contributed by atoms with van der Waals surface area (Å²) in [4.78, 5) is 0.